The minimum atomic E-state index is -4.90. The molecule has 6 atom stereocenters. The van der Waals surface area contributed by atoms with Gasteiger partial charge in [-0.2, -0.15) is 0 Å². The molecule has 1 aliphatic heterocycles. The number of carbonyl (C=O) groups excluding carboxylic acids is 6. The first-order valence-corrected chi connectivity index (χ1v) is 18.9. The summed E-state index contributed by atoms with van der Waals surface area (Å²) >= 11 is 0. The second-order valence-corrected chi connectivity index (χ2v) is 14.8. The monoisotopic (exact) mass is 799 g/mol. The number of primary amides is 1. The van der Waals surface area contributed by atoms with Gasteiger partial charge in [-0.05, 0) is 55.3 Å². The van der Waals surface area contributed by atoms with Gasteiger partial charge in [0.25, 0.3) is 0 Å². The van der Waals surface area contributed by atoms with Gasteiger partial charge in [-0.1, -0.05) is 39.8 Å². The highest BCUT2D eigenvalue weighted by Crippen LogP contribution is 2.37. The minimum Gasteiger partial charge on any atom is -0.481 e. The molecule has 0 aliphatic carbocycles. The Kier molecular flexibility index (Phi) is 17.7. The summed E-state index contributed by atoms with van der Waals surface area (Å²) in [5.41, 5.74) is 5.59. The van der Waals surface area contributed by atoms with E-state index >= 15 is 0 Å². The molecule has 0 bridgehead atoms. The number of phosphoric acid groups is 1. The van der Waals surface area contributed by atoms with E-state index in [1.54, 1.807) is 13.8 Å². The fraction of sp³-hybridized carbons (Fsp3) is 0.576. The zero-order chi connectivity index (χ0) is 41.6. The fourth-order valence-electron chi connectivity index (χ4n) is 5.49. The van der Waals surface area contributed by atoms with Gasteiger partial charge in [-0.3, -0.25) is 43.3 Å². The Morgan fingerprint density at radius 1 is 0.800 bits per heavy atom. The average Bonchev–Trinajstić information content (AvgIpc) is 3.62. The van der Waals surface area contributed by atoms with E-state index in [0.29, 0.717) is 18.5 Å². The molecule has 1 aromatic carbocycles. The first-order valence-electron chi connectivity index (χ1n) is 17.4. The fourth-order valence-corrected chi connectivity index (χ4v) is 5.88. The van der Waals surface area contributed by atoms with Gasteiger partial charge in [0.05, 0.1) is 12.5 Å². The molecule has 1 heterocycles. The summed E-state index contributed by atoms with van der Waals surface area (Å²) in [5.74, 6) is -9.61. The van der Waals surface area contributed by atoms with E-state index in [-0.39, 0.29) is 12.2 Å². The van der Waals surface area contributed by atoms with Crippen molar-refractivity contribution in [3.05, 3.63) is 29.8 Å². The van der Waals surface area contributed by atoms with Crippen molar-refractivity contribution in [2.75, 3.05) is 6.54 Å². The summed E-state index contributed by atoms with van der Waals surface area (Å²) in [5, 5.41) is 34.0. The molecule has 2 rings (SSSR count). The lowest BCUT2D eigenvalue weighted by molar-refractivity contribution is -0.143. The number of hydrogen-bond donors (Lipinski definition) is 11. The first kappa shape index (κ1) is 46.0. The van der Waals surface area contributed by atoms with E-state index in [0.717, 1.165) is 6.42 Å². The smallest absolute Gasteiger partial charge is 0.481 e. The van der Waals surface area contributed by atoms with E-state index in [1.807, 2.05) is 0 Å². The number of nitrogens with two attached hydrogens (primary N) is 1. The number of phosphoric ester groups is 1. The van der Waals surface area contributed by atoms with E-state index in [2.05, 4.69) is 36.4 Å². The van der Waals surface area contributed by atoms with Crippen molar-refractivity contribution in [2.24, 2.45) is 17.6 Å². The average molecular weight is 800 g/mol. The van der Waals surface area contributed by atoms with Crippen LogP contribution in [0.15, 0.2) is 24.3 Å². The largest absolute Gasteiger partial charge is 0.524 e. The van der Waals surface area contributed by atoms with Gasteiger partial charge in [0.2, 0.25) is 35.4 Å². The summed E-state index contributed by atoms with van der Waals surface area (Å²) < 4.78 is 15.8. The predicted molar refractivity (Wildman–Crippen MR) is 191 cm³/mol. The normalized spacial score (nSPS) is 16.8. The molecule has 0 unspecified atom stereocenters. The SMILES string of the molecule is CC(C)[C@H](NC(=O)[C@H](CC(N)=O)NC(=O)[C@H](CCC(=O)O)NC(=O)[C@H](Cc1ccc(OP(=O)(O)O)cc1)NC(=O)[C@@H](NC(=O)[C@@H]1CCCN1)C(C)C)C(=O)O. The Labute approximate surface area is 316 Å². The van der Waals surface area contributed by atoms with Crippen LogP contribution < -0.4 is 42.2 Å². The zero-order valence-corrected chi connectivity index (χ0v) is 31.7. The van der Waals surface area contributed by atoms with Crippen molar-refractivity contribution < 1.29 is 67.4 Å². The van der Waals surface area contributed by atoms with Gasteiger partial charge in [0.1, 0.15) is 36.0 Å². The number of hydrogen-bond acceptors (Lipinski definition) is 11. The number of carbonyl (C=O) groups is 8. The maximum Gasteiger partial charge on any atom is 0.524 e. The van der Waals surface area contributed by atoms with Crippen LogP contribution in [-0.2, 0) is 49.3 Å². The molecule has 1 fully saturated rings. The predicted octanol–water partition coefficient (Wildman–Crippen LogP) is -1.99. The van der Waals surface area contributed by atoms with Crippen molar-refractivity contribution >= 4 is 55.2 Å². The topological polar surface area (TPSA) is 342 Å². The van der Waals surface area contributed by atoms with Crippen LogP contribution in [0.3, 0.4) is 0 Å². The molecule has 21 nitrogen and oxygen atoms in total. The molecule has 0 aromatic heterocycles. The molecule has 306 valence electrons. The molecule has 22 heteroatoms. The van der Waals surface area contributed by atoms with Gasteiger partial charge in [0.15, 0.2) is 0 Å². The Morgan fingerprint density at radius 2 is 1.35 bits per heavy atom. The van der Waals surface area contributed by atoms with Crippen molar-refractivity contribution in [1.82, 2.24) is 31.9 Å². The first-order chi connectivity index (χ1) is 25.6. The number of carboxylic acid groups (broad SMARTS) is 2. The maximum atomic E-state index is 13.9. The number of benzene rings is 1. The molecule has 1 aromatic rings. The minimum absolute atomic E-state index is 0.215. The van der Waals surface area contributed by atoms with Crippen LogP contribution >= 0.6 is 7.82 Å². The second kappa shape index (κ2) is 21.1. The van der Waals surface area contributed by atoms with E-state index in [1.165, 1.54) is 38.1 Å². The lowest BCUT2D eigenvalue weighted by Gasteiger charge is -2.28. The van der Waals surface area contributed by atoms with Crippen LogP contribution in [0, 0.1) is 11.8 Å². The number of amides is 6. The number of carboxylic acids is 2. The quantitative estimate of drug-likeness (QED) is 0.0566. The van der Waals surface area contributed by atoms with Crippen molar-refractivity contribution in [1.29, 1.82) is 0 Å². The molecule has 6 amide bonds. The van der Waals surface area contributed by atoms with Crippen LogP contribution in [0.2, 0.25) is 0 Å². The Balaban J connectivity index is 2.43. The molecular weight excluding hydrogens is 749 g/mol. The van der Waals surface area contributed by atoms with Crippen molar-refractivity contribution in [2.45, 2.75) is 102 Å². The molecule has 1 saturated heterocycles. The Bertz CT molecular complexity index is 1610. The third kappa shape index (κ3) is 16.0. The highest BCUT2D eigenvalue weighted by molar-refractivity contribution is 7.46. The Hall–Kier alpha value is -5.11. The molecule has 1 aliphatic rings. The Morgan fingerprint density at radius 3 is 1.84 bits per heavy atom. The van der Waals surface area contributed by atoms with Crippen LogP contribution in [0.25, 0.3) is 0 Å². The molecule has 0 saturated carbocycles. The van der Waals surface area contributed by atoms with Gasteiger partial charge >= 0.3 is 19.8 Å². The molecular formula is C33H50N7O14P. The lowest BCUT2D eigenvalue weighted by Crippen LogP contribution is -2.60. The molecule has 0 spiro atoms. The van der Waals surface area contributed by atoms with Crippen molar-refractivity contribution in [3.63, 3.8) is 0 Å². The van der Waals surface area contributed by atoms with Gasteiger partial charge < -0.3 is 52.4 Å². The van der Waals surface area contributed by atoms with Crippen molar-refractivity contribution in [3.8, 4) is 5.75 Å². The van der Waals surface area contributed by atoms with Gasteiger partial charge in [-0.25, -0.2) is 9.36 Å². The van der Waals surface area contributed by atoms with Gasteiger partial charge in [0, 0.05) is 12.8 Å². The third-order valence-corrected chi connectivity index (χ3v) is 8.84. The number of aliphatic carboxylic acids is 2. The number of rotatable bonds is 22. The van der Waals surface area contributed by atoms with Crippen LogP contribution in [0.4, 0.5) is 0 Å². The summed E-state index contributed by atoms with van der Waals surface area (Å²) in [6.45, 7) is 6.94. The van der Waals surface area contributed by atoms with Gasteiger partial charge in [-0.15, -0.1) is 0 Å². The summed E-state index contributed by atoms with van der Waals surface area (Å²) in [6.07, 6.45) is -1.01. The summed E-state index contributed by atoms with van der Waals surface area (Å²) in [6, 6.07) is -2.96. The lowest BCUT2D eigenvalue weighted by atomic mass is 10.00. The molecule has 12 N–H and O–H groups in total. The molecule has 55 heavy (non-hydrogen) atoms. The van der Waals surface area contributed by atoms with Crippen LogP contribution in [0.1, 0.15) is 65.4 Å². The number of nitrogens with one attached hydrogen (secondary N) is 6. The highest BCUT2D eigenvalue weighted by Gasteiger charge is 2.35. The summed E-state index contributed by atoms with van der Waals surface area (Å²) in [4.78, 5) is 120. The van der Waals surface area contributed by atoms with Crippen LogP contribution in [0.5, 0.6) is 5.75 Å². The maximum absolute atomic E-state index is 13.9. The second-order valence-electron chi connectivity index (χ2n) is 13.7. The standard InChI is InChI=1S/C33H50N7O14P/c1-16(2)26(39-28(44)20-6-5-13-35-20)32(48)38-22(14-18-7-9-19(10-8-18)54-55(51,52)53)30(46)36-21(11-12-25(42)43)29(45)37-23(15-24(34)41)31(47)40-27(17(3)4)33(49)50/h7-10,16-17,20-23,26-27,35H,5-6,11-15H2,1-4H3,(H2,34,41)(H,36,46)(H,37,45)(H,38,48)(H,39,44)(H,40,47)(H,42,43)(H,49,50)(H2,51,52,53)/t20-,21-,22-,23-,26-,27-/m0/s1. The highest BCUT2D eigenvalue weighted by atomic mass is 31.2. The van der Waals surface area contributed by atoms with E-state index in [9.17, 15) is 53.1 Å². The van der Waals surface area contributed by atoms with E-state index in [4.69, 9.17) is 15.5 Å². The van der Waals surface area contributed by atoms with E-state index < -0.39 is 123 Å². The zero-order valence-electron chi connectivity index (χ0n) is 30.8. The summed E-state index contributed by atoms with van der Waals surface area (Å²) in [7, 11) is -4.90. The third-order valence-electron chi connectivity index (χ3n) is 8.39. The molecule has 0 radical (unpaired) electrons. The van der Waals surface area contributed by atoms with Crippen LogP contribution in [-0.4, -0.2) is 110 Å².